The summed E-state index contributed by atoms with van der Waals surface area (Å²) in [5.41, 5.74) is 1.26. The highest BCUT2D eigenvalue weighted by Gasteiger charge is 2.24. The summed E-state index contributed by atoms with van der Waals surface area (Å²) in [5.74, 6) is 0. The predicted octanol–water partition coefficient (Wildman–Crippen LogP) is 2.42. The smallest absolute Gasteiger partial charge is 0.315 e. The quantitative estimate of drug-likeness (QED) is 0.748. The number of carbonyl (C=O) groups is 1. The fourth-order valence-electron chi connectivity index (χ4n) is 2.36. The molecule has 112 valence electrons. The van der Waals surface area contributed by atoms with E-state index in [1.165, 1.54) is 5.56 Å². The first-order chi connectivity index (χ1) is 9.35. The second kappa shape index (κ2) is 7.29. The average molecular weight is 278 g/mol. The van der Waals surface area contributed by atoms with Crippen LogP contribution >= 0.6 is 0 Å². The van der Waals surface area contributed by atoms with E-state index < -0.39 is 0 Å². The minimum Gasteiger partial charge on any atom is -0.394 e. The van der Waals surface area contributed by atoms with Crippen LogP contribution in [0.2, 0.25) is 0 Å². The van der Waals surface area contributed by atoms with Gasteiger partial charge in [-0.3, -0.25) is 0 Å². The molecule has 0 fully saturated rings. The number of amides is 2. The van der Waals surface area contributed by atoms with E-state index in [1.807, 2.05) is 25.1 Å². The molecule has 1 aromatic carbocycles. The van der Waals surface area contributed by atoms with Crippen LogP contribution in [0, 0.1) is 0 Å². The van der Waals surface area contributed by atoms with Crippen molar-refractivity contribution in [3.63, 3.8) is 0 Å². The van der Waals surface area contributed by atoms with Crippen molar-refractivity contribution in [2.24, 2.45) is 0 Å². The summed E-state index contributed by atoms with van der Waals surface area (Å²) < 4.78 is 0. The molecule has 0 aliphatic heterocycles. The number of aliphatic hydroxyl groups is 1. The molecule has 20 heavy (non-hydrogen) atoms. The molecule has 0 saturated carbocycles. The van der Waals surface area contributed by atoms with E-state index in [9.17, 15) is 4.79 Å². The number of benzene rings is 1. The van der Waals surface area contributed by atoms with Crippen molar-refractivity contribution in [3.05, 3.63) is 35.9 Å². The first-order valence-corrected chi connectivity index (χ1v) is 7.08. The van der Waals surface area contributed by atoms with Gasteiger partial charge in [0.2, 0.25) is 0 Å². The second-order valence-electron chi connectivity index (χ2n) is 6.06. The summed E-state index contributed by atoms with van der Waals surface area (Å²) in [7, 11) is 0. The highest BCUT2D eigenvalue weighted by molar-refractivity contribution is 5.74. The molecule has 1 rings (SSSR count). The number of hydrogen-bond donors (Lipinski definition) is 3. The molecule has 2 amide bonds. The van der Waals surface area contributed by atoms with Gasteiger partial charge in [0.05, 0.1) is 12.6 Å². The van der Waals surface area contributed by atoms with Crippen molar-refractivity contribution in [3.8, 4) is 0 Å². The van der Waals surface area contributed by atoms with Gasteiger partial charge in [0, 0.05) is 6.04 Å². The normalized spacial score (nSPS) is 14.4. The van der Waals surface area contributed by atoms with E-state index in [0.717, 1.165) is 6.42 Å². The van der Waals surface area contributed by atoms with E-state index in [4.69, 9.17) is 5.11 Å². The van der Waals surface area contributed by atoms with E-state index in [-0.39, 0.29) is 30.1 Å². The molecule has 0 bridgehead atoms. The van der Waals surface area contributed by atoms with Gasteiger partial charge in [0.25, 0.3) is 0 Å². The van der Waals surface area contributed by atoms with Crippen molar-refractivity contribution in [2.75, 3.05) is 6.61 Å². The minimum absolute atomic E-state index is 0.00342. The van der Waals surface area contributed by atoms with Crippen LogP contribution in [0.15, 0.2) is 30.3 Å². The van der Waals surface area contributed by atoms with E-state index >= 15 is 0 Å². The number of carbonyl (C=O) groups excluding carboxylic acids is 1. The zero-order valence-corrected chi connectivity index (χ0v) is 12.8. The molecule has 0 aliphatic rings. The first-order valence-electron chi connectivity index (χ1n) is 7.08. The molecule has 0 spiro atoms. The maximum Gasteiger partial charge on any atom is 0.315 e. The van der Waals surface area contributed by atoms with Crippen LogP contribution in [0.4, 0.5) is 4.79 Å². The molecule has 0 radical (unpaired) electrons. The average Bonchev–Trinajstić information content (AvgIpc) is 2.38. The summed E-state index contributed by atoms with van der Waals surface area (Å²) in [6, 6.07) is 9.88. The Balaban J connectivity index is 2.53. The van der Waals surface area contributed by atoms with Gasteiger partial charge in [-0.15, -0.1) is 0 Å². The molecule has 0 heterocycles. The van der Waals surface area contributed by atoms with Crippen molar-refractivity contribution in [2.45, 2.75) is 51.6 Å². The van der Waals surface area contributed by atoms with Gasteiger partial charge in [0.1, 0.15) is 0 Å². The lowest BCUT2D eigenvalue weighted by atomic mass is 9.79. The highest BCUT2D eigenvalue weighted by Crippen LogP contribution is 2.27. The fourth-order valence-corrected chi connectivity index (χ4v) is 2.36. The first kappa shape index (κ1) is 16.5. The number of urea groups is 1. The van der Waals surface area contributed by atoms with Crippen LogP contribution in [0.3, 0.4) is 0 Å². The van der Waals surface area contributed by atoms with Crippen molar-refractivity contribution >= 4 is 6.03 Å². The molecule has 2 unspecified atom stereocenters. The standard InChI is InChI=1S/C16H26N2O2/c1-12(17-15(20)18-13(2)11-19)10-16(3,4)14-8-6-5-7-9-14/h5-9,12-13,19H,10-11H2,1-4H3,(H2,17,18,20). The van der Waals surface area contributed by atoms with Crippen LogP contribution in [-0.4, -0.2) is 29.8 Å². The van der Waals surface area contributed by atoms with Crippen LogP contribution in [0.1, 0.15) is 39.7 Å². The van der Waals surface area contributed by atoms with E-state index in [2.05, 4.69) is 36.6 Å². The van der Waals surface area contributed by atoms with Crippen LogP contribution in [0.5, 0.6) is 0 Å². The Morgan fingerprint density at radius 1 is 1.15 bits per heavy atom. The molecule has 4 heteroatoms. The largest absolute Gasteiger partial charge is 0.394 e. The maximum atomic E-state index is 11.7. The SMILES string of the molecule is CC(CO)NC(=O)NC(C)CC(C)(C)c1ccccc1. The van der Waals surface area contributed by atoms with Crippen molar-refractivity contribution in [1.82, 2.24) is 10.6 Å². The third kappa shape index (κ3) is 5.21. The summed E-state index contributed by atoms with van der Waals surface area (Å²) in [4.78, 5) is 11.7. The Bertz CT molecular complexity index is 418. The zero-order chi connectivity index (χ0) is 15.2. The lowest BCUT2D eigenvalue weighted by molar-refractivity contribution is 0.216. The maximum absolute atomic E-state index is 11.7. The Hall–Kier alpha value is -1.55. The lowest BCUT2D eigenvalue weighted by Gasteiger charge is -2.29. The van der Waals surface area contributed by atoms with Gasteiger partial charge >= 0.3 is 6.03 Å². The van der Waals surface area contributed by atoms with Crippen LogP contribution in [0.25, 0.3) is 0 Å². The van der Waals surface area contributed by atoms with Crippen LogP contribution in [-0.2, 0) is 5.41 Å². The molecule has 0 aromatic heterocycles. The van der Waals surface area contributed by atoms with Gasteiger partial charge in [-0.05, 0) is 31.2 Å². The highest BCUT2D eigenvalue weighted by atomic mass is 16.3. The lowest BCUT2D eigenvalue weighted by Crippen LogP contribution is -2.46. The van der Waals surface area contributed by atoms with Crippen molar-refractivity contribution < 1.29 is 9.90 Å². The minimum atomic E-state index is -0.233. The number of aliphatic hydroxyl groups excluding tert-OH is 1. The molecular formula is C16H26N2O2. The number of rotatable bonds is 6. The van der Waals surface area contributed by atoms with Crippen LogP contribution < -0.4 is 10.6 Å². The van der Waals surface area contributed by atoms with Crippen molar-refractivity contribution in [1.29, 1.82) is 0 Å². The summed E-state index contributed by atoms with van der Waals surface area (Å²) in [6.45, 7) is 8.05. The van der Waals surface area contributed by atoms with E-state index in [0.29, 0.717) is 0 Å². The van der Waals surface area contributed by atoms with E-state index in [1.54, 1.807) is 6.92 Å². The number of nitrogens with one attached hydrogen (secondary N) is 2. The van der Waals surface area contributed by atoms with Gasteiger partial charge in [0.15, 0.2) is 0 Å². The summed E-state index contributed by atoms with van der Waals surface area (Å²) in [5, 5.41) is 14.5. The predicted molar refractivity (Wildman–Crippen MR) is 81.8 cm³/mol. The number of hydrogen-bond acceptors (Lipinski definition) is 2. The summed E-state index contributed by atoms with van der Waals surface area (Å²) >= 11 is 0. The van der Waals surface area contributed by atoms with Gasteiger partial charge in [-0.1, -0.05) is 44.2 Å². The Morgan fingerprint density at radius 3 is 2.25 bits per heavy atom. The van der Waals surface area contributed by atoms with Gasteiger partial charge in [-0.25, -0.2) is 4.79 Å². The zero-order valence-electron chi connectivity index (χ0n) is 12.8. The monoisotopic (exact) mass is 278 g/mol. The third-order valence-corrected chi connectivity index (χ3v) is 3.40. The topological polar surface area (TPSA) is 61.4 Å². The molecular weight excluding hydrogens is 252 g/mol. The molecule has 1 aromatic rings. The fraction of sp³-hybridized carbons (Fsp3) is 0.562. The third-order valence-electron chi connectivity index (χ3n) is 3.40. The van der Waals surface area contributed by atoms with Gasteiger partial charge in [-0.2, -0.15) is 0 Å². The Morgan fingerprint density at radius 2 is 1.70 bits per heavy atom. The molecule has 0 saturated heterocycles. The molecule has 3 N–H and O–H groups in total. The summed E-state index contributed by atoms with van der Waals surface area (Å²) in [6.07, 6.45) is 0.845. The Labute approximate surface area is 121 Å². The van der Waals surface area contributed by atoms with Gasteiger partial charge < -0.3 is 15.7 Å². The molecule has 4 nitrogen and oxygen atoms in total. The molecule has 0 aliphatic carbocycles. The Kier molecular flexibility index (Phi) is 6.02. The molecule has 2 atom stereocenters. The second-order valence-corrected chi connectivity index (χ2v) is 6.06.